The van der Waals surface area contributed by atoms with E-state index in [0.717, 1.165) is 27.6 Å². The molecule has 0 radical (unpaired) electrons. The number of aromatic nitrogens is 1. The van der Waals surface area contributed by atoms with Gasteiger partial charge in [0.15, 0.2) is 0 Å². The molecule has 0 aliphatic heterocycles. The second kappa shape index (κ2) is 10.8. The van der Waals surface area contributed by atoms with E-state index in [2.05, 4.69) is 17.1 Å². The van der Waals surface area contributed by atoms with Gasteiger partial charge in [-0.05, 0) is 20.3 Å². The van der Waals surface area contributed by atoms with Gasteiger partial charge in [0.25, 0.3) is 0 Å². The second-order valence-corrected chi connectivity index (χ2v) is 6.89. The van der Waals surface area contributed by atoms with Crippen molar-refractivity contribution in [3.8, 4) is 10.6 Å². The van der Waals surface area contributed by atoms with Crippen LogP contribution >= 0.6 is 36.2 Å². The van der Waals surface area contributed by atoms with Crippen LogP contribution in [0.1, 0.15) is 43.3 Å². The van der Waals surface area contributed by atoms with E-state index in [4.69, 9.17) is 5.73 Å². The molecule has 1 aromatic carbocycles. The van der Waals surface area contributed by atoms with Crippen molar-refractivity contribution in [3.05, 3.63) is 40.9 Å². The highest BCUT2D eigenvalue weighted by atomic mass is 35.5. The summed E-state index contributed by atoms with van der Waals surface area (Å²) in [6.07, 6.45) is 1.62. The van der Waals surface area contributed by atoms with E-state index in [-0.39, 0.29) is 36.8 Å². The van der Waals surface area contributed by atoms with Crippen molar-refractivity contribution in [2.75, 3.05) is 7.05 Å². The predicted molar refractivity (Wildman–Crippen MR) is 111 cm³/mol. The maximum atomic E-state index is 12.4. The number of carbonyl (C=O) groups excluding carboxylic acids is 1. The lowest BCUT2D eigenvalue weighted by molar-refractivity contribution is -0.133. The van der Waals surface area contributed by atoms with E-state index in [0.29, 0.717) is 6.42 Å². The van der Waals surface area contributed by atoms with E-state index in [1.54, 1.807) is 16.2 Å². The molecule has 1 amide bonds. The molecule has 0 aliphatic rings. The van der Waals surface area contributed by atoms with Gasteiger partial charge >= 0.3 is 0 Å². The first-order valence-electron chi connectivity index (χ1n) is 8.00. The summed E-state index contributed by atoms with van der Waals surface area (Å²) in [7, 11) is 1.82. The Morgan fingerprint density at radius 3 is 2.44 bits per heavy atom. The number of halogens is 2. The number of aryl methyl sites for hydroxylation is 1. The van der Waals surface area contributed by atoms with Crippen LogP contribution in [0.2, 0.25) is 0 Å². The Labute approximate surface area is 166 Å². The van der Waals surface area contributed by atoms with E-state index in [1.165, 1.54) is 0 Å². The summed E-state index contributed by atoms with van der Waals surface area (Å²) in [5.74, 6) is -0.00610. The number of hydrogen-bond acceptors (Lipinski definition) is 4. The molecular formula is C18H27Cl2N3OS. The Bertz CT molecular complexity index is 664. The molecule has 0 saturated carbocycles. The van der Waals surface area contributed by atoms with Crippen LogP contribution in [0.25, 0.3) is 10.6 Å². The zero-order valence-electron chi connectivity index (χ0n) is 15.1. The number of rotatable bonds is 6. The maximum Gasteiger partial charge on any atom is 0.239 e. The van der Waals surface area contributed by atoms with Crippen molar-refractivity contribution < 1.29 is 4.79 Å². The molecule has 2 rings (SSSR count). The smallest absolute Gasteiger partial charge is 0.239 e. The zero-order valence-corrected chi connectivity index (χ0v) is 17.5. The predicted octanol–water partition coefficient (Wildman–Crippen LogP) is 4.61. The summed E-state index contributed by atoms with van der Waals surface area (Å²) < 4.78 is 0. The molecule has 25 heavy (non-hydrogen) atoms. The molecule has 0 fully saturated rings. The number of benzene rings is 1. The highest BCUT2D eigenvalue weighted by molar-refractivity contribution is 7.15. The highest BCUT2D eigenvalue weighted by Crippen LogP contribution is 2.33. The van der Waals surface area contributed by atoms with Gasteiger partial charge < -0.3 is 10.6 Å². The molecule has 2 atom stereocenters. The van der Waals surface area contributed by atoms with Crippen molar-refractivity contribution in [2.45, 2.75) is 45.7 Å². The van der Waals surface area contributed by atoms with E-state index < -0.39 is 6.04 Å². The Hall–Kier alpha value is -1.14. The van der Waals surface area contributed by atoms with E-state index >= 15 is 0 Å². The highest BCUT2D eigenvalue weighted by Gasteiger charge is 2.25. The lowest BCUT2D eigenvalue weighted by atomic mass is 10.1. The maximum absolute atomic E-state index is 12.4. The molecule has 7 heteroatoms. The minimum atomic E-state index is -0.422. The molecule has 2 N–H and O–H groups in total. The molecule has 2 aromatic rings. The topological polar surface area (TPSA) is 59.2 Å². The average molecular weight is 404 g/mol. The van der Waals surface area contributed by atoms with Crippen LogP contribution in [0, 0.1) is 6.92 Å². The fraction of sp³-hybridized carbons (Fsp3) is 0.444. The van der Waals surface area contributed by atoms with Gasteiger partial charge in [-0.3, -0.25) is 4.79 Å². The Kier molecular flexibility index (Phi) is 10.3. The average Bonchev–Trinajstić information content (AvgIpc) is 2.95. The third kappa shape index (κ3) is 5.68. The number of likely N-dealkylation sites (N-methyl/N-ethyl adjacent to an activating group) is 1. The van der Waals surface area contributed by atoms with Crippen LogP contribution < -0.4 is 5.73 Å². The number of nitrogens with two attached hydrogens (primary N) is 1. The Morgan fingerprint density at radius 1 is 1.28 bits per heavy atom. The third-order valence-corrected chi connectivity index (χ3v) is 5.45. The van der Waals surface area contributed by atoms with Crippen LogP contribution in [-0.4, -0.2) is 28.9 Å². The summed E-state index contributed by atoms with van der Waals surface area (Å²) in [6, 6.07) is 9.67. The third-order valence-electron chi connectivity index (χ3n) is 4.08. The van der Waals surface area contributed by atoms with Crippen LogP contribution in [-0.2, 0) is 4.79 Å². The number of thiazole rings is 1. The largest absolute Gasteiger partial charge is 0.337 e. The van der Waals surface area contributed by atoms with E-state index in [1.807, 2.05) is 46.0 Å². The van der Waals surface area contributed by atoms with Crippen molar-refractivity contribution in [1.29, 1.82) is 0 Å². The van der Waals surface area contributed by atoms with Gasteiger partial charge in [0, 0.05) is 12.6 Å². The monoisotopic (exact) mass is 403 g/mol. The van der Waals surface area contributed by atoms with Crippen LogP contribution in [0.3, 0.4) is 0 Å². The van der Waals surface area contributed by atoms with Gasteiger partial charge in [-0.25, -0.2) is 4.98 Å². The summed E-state index contributed by atoms with van der Waals surface area (Å²) in [5, 5.41) is 0.989. The lowest BCUT2D eigenvalue weighted by Gasteiger charge is -2.27. The van der Waals surface area contributed by atoms with Crippen molar-refractivity contribution in [3.63, 3.8) is 0 Å². The Balaban J connectivity index is 0.00000288. The summed E-state index contributed by atoms with van der Waals surface area (Å²) >= 11 is 1.65. The number of carbonyl (C=O) groups is 1. The van der Waals surface area contributed by atoms with Gasteiger partial charge in [0.05, 0.1) is 22.7 Å². The first-order chi connectivity index (χ1) is 11.0. The zero-order chi connectivity index (χ0) is 17.0. The van der Waals surface area contributed by atoms with Crippen molar-refractivity contribution >= 4 is 42.1 Å². The number of nitrogens with zero attached hydrogens (tertiary/aromatic N) is 2. The van der Waals surface area contributed by atoms with Crippen LogP contribution in [0.15, 0.2) is 30.3 Å². The fourth-order valence-corrected chi connectivity index (χ4v) is 3.73. The molecule has 0 spiro atoms. The molecule has 0 bridgehead atoms. The molecule has 4 nitrogen and oxygen atoms in total. The van der Waals surface area contributed by atoms with Gasteiger partial charge in [-0.1, -0.05) is 43.7 Å². The summed E-state index contributed by atoms with van der Waals surface area (Å²) in [6.45, 7) is 6.07. The molecule has 0 aliphatic carbocycles. The van der Waals surface area contributed by atoms with E-state index in [9.17, 15) is 4.79 Å². The minimum Gasteiger partial charge on any atom is -0.337 e. The summed E-state index contributed by atoms with van der Waals surface area (Å²) in [4.78, 5) is 20.0. The van der Waals surface area contributed by atoms with Gasteiger partial charge in [0.2, 0.25) is 5.91 Å². The molecule has 1 heterocycles. The number of hydrogen-bond donors (Lipinski definition) is 1. The molecule has 2 unspecified atom stereocenters. The SMILES string of the molecule is CCCC(N)C(=O)N(C)C(C)c1sc(-c2ccccc2)nc1C.Cl.Cl. The van der Waals surface area contributed by atoms with Crippen LogP contribution in [0.5, 0.6) is 0 Å². The van der Waals surface area contributed by atoms with Gasteiger partial charge in [0.1, 0.15) is 5.01 Å². The first-order valence-corrected chi connectivity index (χ1v) is 8.82. The quantitative estimate of drug-likeness (QED) is 0.765. The number of amides is 1. The molecule has 0 saturated heterocycles. The normalized spacial score (nSPS) is 12.5. The van der Waals surface area contributed by atoms with Crippen LogP contribution in [0.4, 0.5) is 0 Å². The second-order valence-electron chi connectivity index (χ2n) is 5.85. The summed E-state index contributed by atoms with van der Waals surface area (Å²) in [5.41, 5.74) is 8.06. The standard InChI is InChI=1S/C18H25N3OS.2ClH/c1-5-9-15(19)18(22)21(4)13(3)16-12(2)20-17(23-16)14-10-7-6-8-11-14;;/h6-8,10-11,13,15H,5,9,19H2,1-4H3;2*1H. The van der Waals surface area contributed by atoms with Crippen molar-refractivity contribution in [2.24, 2.45) is 5.73 Å². The molecular weight excluding hydrogens is 377 g/mol. The van der Waals surface area contributed by atoms with Gasteiger partial charge in [-0.2, -0.15) is 0 Å². The Morgan fingerprint density at radius 2 is 1.88 bits per heavy atom. The first kappa shape index (κ1) is 23.9. The lowest BCUT2D eigenvalue weighted by Crippen LogP contribution is -2.42. The van der Waals surface area contributed by atoms with Gasteiger partial charge in [-0.15, -0.1) is 36.2 Å². The van der Waals surface area contributed by atoms with Crippen molar-refractivity contribution in [1.82, 2.24) is 9.88 Å². The minimum absolute atomic E-state index is 0. The molecule has 1 aromatic heterocycles. The fourth-order valence-electron chi connectivity index (χ4n) is 2.56. The molecule has 140 valence electrons.